The lowest BCUT2D eigenvalue weighted by molar-refractivity contribution is -0.123. The normalized spacial score (nSPS) is 25.9. The van der Waals surface area contributed by atoms with Gasteiger partial charge in [0.2, 0.25) is 17.6 Å². The zero-order valence-electron chi connectivity index (χ0n) is 24.2. The van der Waals surface area contributed by atoms with E-state index < -0.39 is 12.1 Å². The van der Waals surface area contributed by atoms with Crippen LogP contribution in [0.3, 0.4) is 0 Å². The molecule has 3 fully saturated rings. The lowest BCUT2D eigenvalue weighted by Crippen LogP contribution is -2.37. The molecule has 0 spiro atoms. The molecule has 0 N–H and O–H groups in total. The van der Waals surface area contributed by atoms with Gasteiger partial charge in [0.25, 0.3) is 0 Å². The lowest BCUT2D eigenvalue weighted by Gasteiger charge is -2.28. The molecule has 228 valence electrons. The van der Waals surface area contributed by atoms with Gasteiger partial charge in [-0.1, -0.05) is 97.6 Å². The van der Waals surface area contributed by atoms with Crippen LogP contribution in [0.2, 0.25) is 5.02 Å². The number of amides is 2. The lowest BCUT2D eigenvalue weighted by atomic mass is 9.81. The summed E-state index contributed by atoms with van der Waals surface area (Å²) in [5.74, 6) is -1.64. The Labute approximate surface area is 281 Å². The van der Waals surface area contributed by atoms with Gasteiger partial charge in [-0.25, -0.2) is 9.78 Å². The van der Waals surface area contributed by atoms with Crippen molar-refractivity contribution in [3.8, 4) is 11.3 Å². The van der Waals surface area contributed by atoms with Crippen molar-refractivity contribution in [2.24, 2.45) is 23.7 Å². The summed E-state index contributed by atoms with van der Waals surface area (Å²) >= 11 is 14.0. The van der Waals surface area contributed by atoms with Crippen LogP contribution in [0, 0.1) is 30.6 Å². The van der Waals surface area contributed by atoms with Crippen molar-refractivity contribution in [1.29, 1.82) is 0 Å². The molecule has 7 rings (SSSR count). The molecule has 0 radical (unpaired) electrons. The molecule has 2 amide bonds. The molecule has 10 heteroatoms. The third-order valence-corrected chi connectivity index (χ3v) is 12.9. The molecule has 7 unspecified atom stereocenters. The Balaban J connectivity index is 1.18. The molecule has 7 nitrogen and oxygen atoms in total. The summed E-state index contributed by atoms with van der Waals surface area (Å²) in [5.41, 5.74) is 3.70. The van der Waals surface area contributed by atoms with E-state index in [0.29, 0.717) is 38.4 Å². The fraction of sp³-hybridized carbons (Fsp3) is 0.286. The third-order valence-electron chi connectivity index (χ3n) is 9.41. The van der Waals surface area contributed by atoms with Gasteiger partial charge in [0, 0.05) is 26.2 Å². The van der Waals surface area contributed by atoms with Crippen molar-refractivity contribution in [3.05, 3.63) is 94.5 Å². The van der Waals surface area contributed by atoms with Crippen LogP contribution >= 0.6 is 43.5 Å². The van der Waals surface area contributed by atoms with Gasteiger partial charge in [-0.2, -0.15) is 0 Å². The van der Waals surface area contributed by atoms with Gasteiger partial charge in [0.1, 0.15) is 0 Å². The first-order chi connectivity index (χ1) is 21.5. The second-order valence-electron chi connectivity index (χ2n) is 12.0. The summed E-state index contributed by atoms with van der Waals surface area (Å²) in [5, 5.41) is 0.848. The number of ether oxygens (including phenoxy) is 1. The summed E-state index contributed by atoms with van der Waals surface area (Å²) in [6.07, 6.45) is -0.152. The quantitative estimate of drug-likeness (QED) is 0.0874. The number of pyridine rings is 1. The summed E-state index contributed by atoms with van der Waals surface area (Å²) in [4.78, 5) is 59.9. The number of halogens is 3. The van der Waals surface area contributed by atoms with Crippen molar-refractivity contribution in [3.63, 3.8) is 0 Å². The summed E-state index contributed by atoms with van der Waals surface area (Å²) < 4.78 is 5.66. The zero-order chi connectivity index (χ0) is 31.7. The smallest absolute Gasteiger partial charge is 0.339 e. The number of carbonyl (C=O) groups is 4. The number of aromatic nitrogens is 1. The standard InChI is InChI=1S/C35H27Br2ClN2O5/c1-16-6-8-19(9-7-16)32(41)17(2)45-35(44)22-15-26(39-31-21(22)4-3-5-25(31)38)18-10-12-20(13-11-18)40-33(42)27-23-14-24(28(27)34(40)43)30(37)29(23)36/h3-13,15,17,23-24,27-30H,14H2,1-2H3. The van der Waals surface area contributed by atoms with E-state index in [4.69, 9.17) is 21.3 Å². The minimum atomic E-state index is -1.02. The number of hydrogen-bond donors (Lipinski definition) is 0. The Bertz CT molecular complexity index is 1870. The van der Waals surface area contributed by atoms with E-state index in [1.807, 2.05) is 19.1 Å². The number of imide groups is 1. The van der Waals surface area contributed by atoms with E-state index in [0.717, 1.165) is 12.0 Å². The fourth-order valence-corrected chi connectivity index (χ4v) is 9.24. The number of anilines is 1. The number of para-hydroxylation sites is 1. The molecule has 7 atom stereocenters. The Kier molecular flexibility index (Phi) is 7.69. The van der Waals surface area contributed by atoms with Crippen LogP contribution in [-0.2, 0) is 14.3 Å². The van der Waals surface area contributed by atoms with E-state index in [-0.39, 0.29) is 56.5 Å². The van der Waals surface area contributed by atoms with Gasteiger partial charge < -0.3 is 4.74 Å². The van der Waals surface area contributed by atoms with Gasteiger partial charge >= 0.3 is 5.97 Å². The number of alkyl halides is 2. The minimum absolute atomic E-state index is 0.129. The minimum Gasteiger partial charge on any atom is -0.451 e. The number of nitrogens with zero attached hydrogens (tertiary/aromatic N) is 2. The molecule has 45 heavy (non-hydrogen) atoms. The van der Waals surface area contributed by atoms with Crippen LogP contribution in [-0.4, -0.2) is 44.3 Å². The number of carbonyl (C=O) groups excluding carboxylic acids is 4. The van der Waals surface area contributed by atoms with Crippen molar-refractivity contribution in [2.45, 2.75) is 36.0 Å². The van der Waals surface area contributed by atoms with E-state index in [2.05, 4.69) is 31.9 Å². The molecule has 1 aliphatic heterocycles. The van der Waals surface area contributed by atoms with Crippen molar-refractivity contribution < 1.29 is 23.9 Å². The van der Waals surface area contributed by atoms with Gasteiger partial charge in [0.15, 0.2) is 6.10 Å². The van der Waals surface area contributed by atoms with Crippen molar-refractivity contribution >= 4 is 83.6 Å². The Hall–Kier alpha value is -3.40. The van der Waals surface area contributed by atoms with Gasteiger partial charge in [-0.15, -0.1) is 0 Å². The average molecular weight is 751 g/mol. The van der Waals surface area contributed by atoms with Crippen LogP contribution in [0.25, 0.3) is 22.2 Å². The van der Waals surface area contributed by atoms with Gasteiger partial charge in [-0.05, 0) is 56.4 Å². The highest BCUT2D eigenvalue weighted by molar-refractivity contribution is 9.12. The molecule has 2 heterocycles. The molecular formula is C35H27Br2ClN2O5. The summed E-state index contributed by atoms with van der Waals surface area (Å²) in [6.45, 7) is 3.48. The van der Waals surface area contributed by atoms with Gasteiger partial charge in [0.05, 0.1) is 39.3 Å². The van der Waals surface area contributed by atoms with Crippen molar-refractivity contribution in [1.82, 2.24) is 4.98 Å². The molecule has 2 saturated carbocycles. The summed E-state index contributed by atoms with van der Waals surface area (Å²) in [6, 6.07) is 20.8. The number of hydrogen-bond acceptors (Lipinski definition) is 6. The zero-order valence-corrected chi connectivity index (χ0v) is 28.2. The molecule has 1 saturated heterocycles. The first kappa shape index (κ1) is 30.3. The number of esters is 1. The van der Waals surface area contributed by atoms with Gasteiger partial charge in [-0.3, -0.25) is 19.3 Å². The maximum Gasteiger partial charge on any atom is 0.339 e. The first-order valence-electron chi connectivity index (χ1n) is 14.7. The second kappa shape index (κ2) is 11.4. The highest BCUT2D eigenvalue weighted by atomic mass is 79.9. The van der Waals surface area contributed by atoms with E-state index >= 15 is 0 Å². The van der Waals surface area contributed by atoms with E-state index in [1.54, 1.807) is 67.6 Å². The molecule has 2 bridgehead atoms. The van der Waals surface area contributed by atoms with Crippen LogP contribution in [0.4, 0.5) is 5.69 Å². The molecule has 2 aliphatic carbocycles. The number of fused-ring (bicyclic) bond motifs is 6. The van der Waals surface area contributed by atoms with Crippen LogP contribution in [0.15, 0.2) is 72.8 Å². The topological polar surface area (TPSA) is 93.6 Å². The van der Waals surface area contributed by atoms with Crippen LogP contribution < -0.4 is 4.90 Å². The highest BCUT2D eigenvalue weighted by Gasteiger charge is 2.66. The Morgan fingerprint density at radius 2 is 1.56 bits per heavy atom. The Morgan fingerprint density at radius 3 is 2.18 bits per heavy atom. The molecule has 3 aliphatic rings. The van der Waals surface area contributed by atoms with Crippen LogP contribution in [0.5, 0.6) is 0 Å². The maximum absolute atomic E-state index is 13.5. The molecule has 3 aromatic carbocycles. The fourth-order valence-electron chi connectivity index (χ4n) is 7.14. The molecule has 1 aromatic heterocycles. The largest absolute Gasteiger partial charge is 0.451 e. The van der Waals surface area contributed by atoms with E-state index in [9.17, 15) is 19.2 Å². The third kappa shape index (κ3) is 4.95. The number of benzene rings is 3. The summed E-state index contributed by atoms with van der Waals surface area (Å²) in [7, 11) is 0. The molecule has 4 aromatic rings. The SMILES string of the molecule is Cc1ccc(C(=O)C(C)OC(=O)c2cc(-c3ccc(N4C(=O)C5C6CC(C(Br)C6Br)C5C4=O)cc3)nc3c(Cl)cccc23)cc1. The van der Waals surface area contributed by atoms with Crippen molar-refractivity contribution in [2.75, 3.05) is 4.90 Å². The second-order valence-corrected chi connectivity index (χ2v) is 14.6. The monoisotopic (exact) mass is 748 g/mol. The van der Waals surface area contributed by atoms with E-state index in [1.165, 1.54) is 4.90 Å². The number of aryl methyl sites for hydroxylation is 1. The van der Waals surface area contributed by atoms with Crippen LogP contribution in [0.1, 0.15) is 39.6 Å². The highest BCUT2D eigenvalue weighted by Crippen LogP contribution is 2.60. The predicted molar refractivity (Wildman–Crippen MR) is 179 cm³/mol. The Morgan fingerprint density at radius 1 is 0.933 bits per heavy atom. The first-order valence-corrected chi connectivity index (χ1v) is 16.9. The number of Topliss-reactive ketones (excluding diaryl/α,β-unsaturated/α-hetero) is 1. The molecular weight excluding hydrogens is 724 g/mol. The predicted octanol–water partition coefficient (Wildman–Crippen LogP) is 7.57. The number of rotatable bonds is 6. The maximum atomic E-state index is 13.5. The average Bonchev–Trinajstić information content (AvgIpc) is 3.65. The number of ketones is 1.